The molecular weight excluding hydrogens is 236 g/mol. The van der Waals surface area contributed by atoms with E-state index in [0.29, 0.717) is 11.4 Å². The molecule has 0 fully saturated rings. The van der Waals surface area contributed by atoms with Crippen LogP contribution in [0, 0.1) is 0 Å². The summed E-state index contributed by atoms with van der Waals surface area (Å²) in [7, 11) is 0. The molecule has 17 heavy (non-hydrogen) atoms. The van der Waals surface area contributed by atoms with Crippen LogP contribution in [0.3, 0.4) is 0 Å². The van der Waals surface area contributed by atoms with Crippen LogP contribution < -0.4 is 0 Å². The number of aliphatic hydroxyl groups excluding tert-OH is 1. The molecule has 0 aliphatic rings. The highest BCUT2D eigenvalue weighted by molar-refractivity contribution is 7.09. The second-order valence-corrected chi connectivity index (χ2v) is 4.58. The largest absolute Gasteiger partial charge is 0.388 e. The van der Waals surface area contributed by atoms with Crippen LogP contribution in [-0.4, -0.2) is 27.5 Å². The van der Waals surface area contributed by atoms with Crippen molar-refractivity contribution in [1.82, 2.24) is 9.97 Å². The van der Waals surface area contributed by atoms with Crippen LogP contribution in [0.2, 0.25) is 0 Å². The molecular formula is C12H12N2O2S. The van der Waals surface area contributed by atoms with Crippen LogP contribution in [-0.2, 0) is 12.8 Å². The Bertz CT molecular complexity index is 480. The van der Waals surface area contributed by atoms with Gasteiger partial charge in [0.1, 0.15) is 12.4 Å². The lowest BCUT2D eigenvalue weighted by Gasteiger charge is -2.00. The summed E-state index contributed by atoms with van der Waals surface area (Å²) < 4.78 is 0. The fourth-order valence-electron chi connectivity index (χ4n) is 1.41. The predicted octanol–water partition coefficient (Wildman–Crippen LogP) is 1.50. The van der Waals surface area contributed by atoms with Gasteiger partial charge in [-0.2, -0.15) is 0 Å². The zero-order valence-electron chi connectivity index (χ0n) is 9.17. The average Bonchev–Trinajstić information content (AvgIpc) is 2.89. The summed E-state index contributed by atoms with van der Waals surface area (Å²) in [5, 5.41) is 10.7. The molecule has 2 heterocycles. The minimum absolute atomic E-state index is 0.352. The van der Waals surface area contributed by atoms with E-state index in [2.05, 4.69) is 16.0 Å². The van der Waals surface area contributed by atoms with Gasteiger partial charge in [0.25, 0.3) is 0 Å². The van der Waals surface area contributed by atoms with Crippen LogP contribution >= 0.6 is 11.3 Å². The second kappa shape index (κ2) is 5.65. The number of rotatable bonds is 5. The van der Waals surface area contributed by atoms with Gasteiger partial charge in [-0.1, -0.05) is 6.07 Å². The minimum Gasteiger partial charge on any atom is -0.388 e. The first kappa shape index (κ1) is 11.9. The Hall–Kier alpha value is -1.59. The van der Waals surface area contributed by atoms with Crippen molar-refractivity contribution in [2.24, 2.45) is 0 Å². The summed E-state index contributed by atoms with van der Waals surface area (Å²) in [4.78, 5) is 20.7. The number of nitrogens with zero attached hydrogens (tertiary/aromatic N) is 2. The predicted molar refractivity (Wildman–Crippen MR) is 65.2 cm³/mol. The first-order valence-corrected chi connectivity index (χ1v) is 6.15. The molecule has 0 atom stereocenters. The molecule has 1 N–H and O–H groups in total. The van der Waals surface area contributed by atoms with Crippen LogP contribution in [0.15, 0.2) is 29.9 Å². The molecule has 0 amide bonds. The molecule has 2 rings (SSSR count). The van der Waals surface area contributed by atoms with E-state index in [4.69, 9.17) is 5.11 Å². The Kier molecular flexibility index (Phi) is 3.95. The fourth-order valence-corrected chi connectivity index (χ4v) is 2.12. The Morgan fingerprint density at radius 1 is 1.29 bits per heavy atom. The number of aromatic nitrogens is 2. The Morgan fingerprint density at radius 2 is 2.06 bits per heavy atom. The van der Waals surface area contributed by atoms with Crippen molar-refractivity contribution < 1.29 is 9.90 Å². The molecule has 0 aromatic carbocycles. The summed E-state index contributed by atoms with van der Waals surface area (Å²) in [5.74, 6) is 0.364. The van der Waals surface area contributed by atoms with Gasteiger partial charge in [-0.15, -0.1) is 11.3 Å². The van der Waals surface area contributed by atoms with Crippen molar-refractivity contribution in [2.75, 3.05) is 6.61 Å². The number of hydrogen-bond acceptors (Lipinski definition) is 5. The van der Waals surface area contributed by atoms with Crippen molar-refractivity contribution >= 4 is 17.1 Å². The molecule has 5 heteroatoms. The molecule has 2 aromatic heterocycles. The van der Waals surface area contributed by atoms with E-state index in [1.54, 1.807) is 11.3 Å². The molecule has 0 spiro atoms. The van der Waals surface area contributed by atoms with Crippen LogP contribution in [0.25, 0.3) is 0 Å². The standard InChI is InChI=1S/C12H12N2O2S/c15-8-11(16)9-6-13-12(14-7-9)4-3-10-2-1-5-17-10/h1-2,5-7,15H,3-4,8H2. The van der Waals surface area contributed by atoms with Gasteiger partial charge in [0.2, 0.25) is 0 Å². The van der Waals surface area contributed by atoms with Gasteiger partial charge in [-0.3, -0.25) is 4.79 Å². The third kappa shape index (κ3) is 3.18. The van der Waals surface area contributed by atoms with Gasteiger partial charge < -0.3 is 5.11 Å². The quantitative estimate of drug-likeness (QED) is 0.814. The zero-order valence-corrected chi connectivity index (χ0v) is 9.98. The average molecular weight is 248 g/mol. The monoisotopic (exact) mass is 248 g/mol. The van der Waals surface area contributed by atoms with Crippen molar-refractivity contribution in [2.45, 2.75) is 12.8 Å². The maximum Gasteiger partial charge on any atom is 0.191 e. The molecule has 4 nitrogen and oxygen atoms in total. The van der Waals surface area contributed by atoms with Crippen molar-refractivity contribution in [3.05, 3.63) is 46.2 Å². The Labute approximate surface area is 103 Å². The number of aryl methyl sites for hydroxylation is 2. The van der Waals surface area contributed by atoms with E-state index in [0.717, 1.165) is 12.8 Å². The number of ketones is 1. The van der Waals surface area contributed by atoms with E-state index in [9.17, 15) is 4.79 Å². The molecule has 0 aliphatic heterocycles. The van der Waals surface area contributed by atoms with Crippen LogP contribution in [0.4, 0.5) is 0 Å². The fraction of sp³-hybridized carbons (Fsp3) is 0.250. The maximum absolute atomic E-state index is 11.1. The van der Waals surface area contributed by atoms with Gasteiger partial charge in [0.05, 0.1) is 5.56 Å². The zero-order chi connectivity index (χ0) is 12.1. The highest BCUT2D eigenvalue weighted by atomic mass is 32.1. The minimum atomic E-state index is -0.502. The molecule has 0 saturated heterocycles. The lowest BCUT2D eigenvalue weighted by molar-refractivity contribution is 0.0903. The summed E-state index contributed by atoms with van der Waals surface area (Å²) in [6, 6.07) is 4.10. The SMILES string of the molecule is O=C(CO)c1cnc(CCc2cccs2)nc1. The number of carbonyl (C=O) groups excluding carboxylic acids is 1. The molecule has 2 aromatic rings. The first-order valence-electron chi connectivity index (χ1n) is 5.27. The molecule has 0 bridgehead atoms. The van der Waals surface area contributed by atoms with E-state index in [1.165, 1.54) is 17.3 Å². The normalized spacial score (nSPS) is 10.4. The summed E-state index contributed by atoms with van der Waals surface area (Å²) >= 11 is 1.71. The smallest absolute Gasteiger partial charge is 0.191 e. The topological polar surface area (TPSA) is 63.1 Å². The number of Topliss-reactive ketones (excluding diaryl/α,β-unsaturated/α-hetero) is 1. The lowest BCUT2D eigenvalue weighted by atomic mass is 10.2. The van der Waals surface area contributed by atoms with Crippen molar-refractivity contribution in [1.29, 1.82) is 0 Å². The third-order valence-corrected chi connectivity index (χ3v) is 3.28. The molecule has 0 saturated carbocycles. The van der Waals surface area contributed by atoms with Crippen LogP contribution in [0.5, 0.6) is 0 Å². The van der Waals surface area contributed by atoms with Crippen molar-refractivity contribution in [3.8, 4) is 0 Å². The number of aliphatic hydroxyl groups is 1. The summed E-state index contributed by atoms with van der Waals surface area (Å²) in [6.45, 7) is -0.502. The number of hydrogen-bond donors (Lipinski definition) is 1. The van der Waals surface area contributed by atoms with Gasteiger partial charge in [0.15, 0.2) is 5.78 Å². The van der Waals surface area contributed by atoms with Gasteiger partial charge >= 0.3 is 0 Å². The maximum atomic E-state index is 11.1. The molecule has 88 valence electrons. The van der Waals surface area contributed by atoms with E-state index in [-0.39, 0.29) is 5.78 Å². The molecule has 0 aliphatic carbocycles. The molecule has 0 unspecified atom stereocenters. The summed E-state index contributed by atoms with van der Waals surface area (Å²) in [5.41, 5.74) is 0.354. The number of carbonyl (C=O) groups is 1. The van der Waals surface area contributed by atoms with E-state index < -0.39 is 6.61 Å². The first-order chi connectivity index (χ1) is 8.29. The highest BCUT2D eigenvalue weighted by Crippen LogP contribution is 2.11. The van der Waals surface area contributed by atoms with Gasteiger partial charge in [-0.05, 0) is 17.9 Å². The van der Waals surface area contributed by atoms with E-state index >= 15 is 0 Å². The van der Waals surface area contributed by atoms with E-state index in [1.807, 2.05) is 11.4 Å². The third-order valence-electron chi connectivity index (χ3n) is 2.35. The Balaban J connectivity index is 1.96. The second-order valence-electron chi connectivity index (χ2n) is 3.55. The van der Waals surface area contributed by atoms with Gasteiger partial charge in [0, 0.05) is 23.7 Å². The lowest BCUT2D eigenvalue weighted by Crippen LogP contribution is -2.07. The Morgan fingerprint density at radius 3 is 2.65 bits per heavy atom. The summed E-state index contributed by atoms with van der Waals surface area (Å²) in [6.07, 6.45) is 4.60. The number of thiophene rings is 1. The van der Waals surface area contributed by atoms with Gasteiger partial charge in [-0.25, -0.2) is 9.97 Å². The van der Waals surface area contributed by atoms with Crippen LogP contribution in [0.1, 0.15) is 21.1 Å². The molecule has 0 radical (unpaired) electrons. The highest BCUT2D eigenvalue weighted by Gasteiger charge is 2.05. The van der Waals surface area contributed by atoms with Crippen molar-refractivity contribution in [3.63, 3.8) is 0 Å².